The van der Waals surface area contributed by atoms with Crippen molar-refractivity contribution in [3.05, 3.63) is 30.3 Å². The number of hydrogen-bond donors (Lipinski definition) is 1. The van der Waals surface area contributed by atoms with E-state index in [1.54, 1.807) is 0 Å². The second-order valence-corrected chi connectivity index (χ2v) is 2.91. The smallest absolute Gasteiger partial charge is 0.0637 e. The molecule has 2 nitrogen and oxygen atoms in total. The van der Waals surface area contributed by atoms with Crippen LogP contribution >= 0.6 is 0 Å². The molecule has 0 unspecified atom stereocenters. The quantitative estimate of drug-likeness (QED) is 0.650. The highest BCUT2D eigenvalue weighted by Gasteiger charge is 2.28. The predicted octanol–water partition coefficient (Wildman–Crippen LogP) is 2.04. The molecule has 0 amide bonds. The Balaban J connectivity index is 2.15. The Hall–Kier alpha value is -1.02. The predicted molar refractivity (Wildman–Crippen MR) is 43.7 cm³/mol. The Morgan fingerprint density at radius 2 is 1.82 bits per heavy atom. The van der Waals surface area contributed by atoms with Crippen LogP contribution in [-0.4, -0.2) is 11.2 Å². The van der Waals surface area contributed by atoms with Crippen LogP contribution in [0.4, 0.5) is 5.69 Å². The number of anilines is 1. The van der Waals surface area contributed by atoms with E-state index in [4.69, 9.17) is 0 Å². The van der Waals surface area contributed by atoms with Crippen LogP contribution in [-0.2, 0) is 0 Å². The number of para-hydroxylation sites is 1. The van der Waals surface area contributed by atoms with Gasteiger partial charge in [-0.25, -0.2) is 0 Å². The molecule has 1 aromatic carbocycles. The Labute approximate surface area is 66.0 Å². The molecule has 0 atom stereocenters. The first kappa shape index (κ1) is 6.68. The van der Waals surface area contributed by atoms with Crippen molar-refractivity contribution in [1.29, 1.82) is 0 Å². The largest absolute Gasteiger partial charge is 0.288 e. The summed E-state index contributed by atoms with van der Waals surface area (Å²) in [6.45, 7) is 0. The third-order valence-corrected chi connectivity index (χ3v) is 1.91. The fourth-order valence-electron chi connectivity index (χ4n) is 1.11. The Kier molecular flexibility index (Phi) is 1.55. The van der Waals surface area contributed by atoms with E-state index in [0.29, 0.717) is 6.04 Å². The van der Waals surface area contributed by atoms with E-state index >= 15 is 0 Å². The molecule has 0 radical (unpaired) electrons. The van der Waals surface area contributed by atoms with Crippen molar-refractivity contribution in [2.45, 2.75) is 18.9 Å². The van der Waals surface area contributed by atoms with Gasteiger partial charge in [0.2, 0.25) is 0 Å². The van der Waals surface area contributed by atoms with Crippen LogP contribution in [0.2, 0.25) is 0 Å². The summed E-state index contributed by atoms with van der Waals surface area (Å²) in [4.78, 5) is 0. The van der Waals surface area contributed by atoms with Crippen molar-refractivity contribution in [2.24, 2.45) is 0 Å². The highest BCUT2D eigenvalue weighted by atomic mass is 16.5. The lowest BCUT2D eigenvalue weighted by Gasteiger charge is -2.15. The normalized spacial score (nSPS) is 16.5. The maximum absolute atomic E-state index is 9.49. The molecular weight excluding hydrogens is 138 g/mol. The standard InChI is InChI=1S/C9H11NO/c11-10(9-6-7-9)8-4-2-1-3-5-8/h1-5,9,11H,6-7H2. The Bertz CT molecular complexity index is 231. The minimum atomic E-state index is 0.373. The van der Waals surface area contributed by atoms with Gasteiger partial charge in [0.15, 0.2) is 0 Å². The van der Waals surface area contributed by atoms with E-state index in [1.165, 1.54) is 5.06 Å². The van der Waals surface area contributed by atoms with E-state index in [0.717, 1.165) is 18.5 Å². The van der Waals surface area contributed by atoms with Crippen molar-refractivity contribution < 1.29 is 5.21 Å². The van der Waals surface area contributed by atoms with E-state index in [2.05, 4.69) is 0 Å². The van der Waals surface area contributed by atoms with Crippen molar-refractivity contribution in [3.63, 3.8) is 0 Å². The Morgan fingerprint density at radius 1 is 1.18 bits per heavy atom. The number of hydrogen-bond acceptors (Lipinski definition) is 2. The molecule has 0 aliphatic heterocycles. The molecule has 0 aromatic heterocycles. The molecule has 1 fully saturated rings. The molecule has 1 aromatic rings. The van der Waals surface area contributed by atoms with Crippen LogP contribution in [0.3, 0.4) is 0 Å². The number of rotatable bonds is 2. The number of nitrogens with zero attached hydrogens (tertiary/aromatic N) is 1. The SMILES string of the molecule is ON(c1ccccc1)C1CC1. The summed E-state index contributed by atoms with van der Waals surface area (Å²) >= 11 is 0. The van der Waals surface area contributed by atoms with Crippen molar-refractivity contribution in [2.75, 3.05) is 5.06 Å². The molecule has 0 heterocycles. The first-order valence-electron chi connectivity index (χ1n) is 3.91. The summed E-state index contributed by atoms with van der Waals surface area (Å²) in [5.74, 6) is 0. The fourth-order valence-corrected chi connectivity index (χ4v) is 1.11. The lowest BCUT2D eigenvalue weighted by Crippen LogP contribution is -2.19. The van der Waals surface area contributed by atoms with Gasteiger partial charge in [-0.05, 0) is 25.0 Å². The van der Waals surface area contributed by atoms with Gasteiger partial charge in [-0.1, -0.05) is 18.2 Å². The van der Waals surface area contributed by atoms with Crippen molar-refractivity contribution >= 4 is 5.69 Å². The molecule has 1 aliphatic rings. The first-order chi connectivity index (χ1) is 5.38. The zero-order valence-corrected chi connectivity index (χ0v) is 6.27. The fraction of sp³-hybridized carbons (Fsp3) is 0.333. The van der Waals surface area contributed by atoms with Crippen molar-refractivity contribution in [3.8, 4) is 0 Å². The molecule has 0 saturated heterocycles. The zero-order valence-electron chi connectivity index (χ0n) is 6.27. The highest BCUT2D eigenvalue weighted by Crippen LogP contribution is 2.29. The highest BCUT2D eigenvalue weighted by molar-refractivity contribution is 5.44. The summed E-state index contributed by atoms with van der Waals surface area (Å²) in [7, 11) is 0. The van der Waals surface area contributed by atoms with Crippen LogP contribution in [0.25, 0.3) is 0 Å². The zero-order chi connectivity index (χ0) is 7.68. The first-order valence-corrected chi connectivity index (χ1v) is 3.91. The average molecular weight is 149 g/mol. The molecule has 1 N–H and O–H groups in total. The molecule has 2 heteroatoms. The van der Waals surface area contributed by atoms with Crippen LogP contribution in [0, 0.1) is 0 Å². The summed E-state index contributed by atoms with van der Waals surface area (Å²) in [6.07, 6.45) is 2.23. The number of hydroxylamine groups is 1. The lowest BCUT2D eigenvalue weighted by atomic mass is 10.3. The molecular formula is C9H11NO. The number of benzene rings is 1. The summed E-state index contributed by atoms with van der Waals surface area (Å²) in [5.41, 5.74) is 0.898. The van der Waals surface area contributed by atoms with E-state index in [-0.39, 0.29) is 0 Å². The minimum absolute atomic E-state index is 0.373. The topological polar surface area (TPSA) is 23.5 Å². The second-order valence-electron chi connectivity index (χ2n) is 2.91. The summed E-state index contributed by atoms with van der Waals surface area (Å²) in [5, 5.41) is 10.9. The third kappa shape index (κ3) is 1.35. The van der Waals surface area contributed by atoms with Gasteiger partial charge in [0.1, 0.15) is 0 Å². The van der Waals surface area contributed by atoms with Gasteiger partial charge >= 0.3 is 0 Å². The van der Waals surface area contributed by atoms with Gasteiger partial charge in [-0.2, -0.15) is 0 Å². The molecule has 1 aliphatic carbocycles. The molecule has 58 valence electrons. The molecule has 0 bridgehead atoms. The maximum atomic E-state index is 9.49. The average Bonchev–Trinajstić information content (AvgIpc) is 2.87. The molecule has 11 heavy (non-hydrogen) atoms. The maximum Gasteiger partial charge on any atom is 0.0637 e. The van der Waals surface area contributed by atoms with Gasteiger partial charge in [0, 0.05) is 0 Å². The second kappa shape index (κ2) is 2.55. The van der Waals surface area contributed by atoms with E-state index < -0.39 is 0 Å². The van der Waals surface area contributed by atoms with Crippen LogP contribution in [0.1, 0.15) is 12.8 Å². The van der Waals surface area contributed by atoms with Gasteiger partial charge in [0.25, 0.3) is 0 Å². The van der Waals surface area contributed by atoms with E-state index in [9.17, 15) is 5.21 Å². The Morgan fingerprint density at radius 3 is 2.36 bits per heavy atom. The van der Waals surface area contributed by atoms with Gasteiger partial charge in [-0.3, -0.25) is 10.3 Å². The third-order valence-electron chi connectivity index (χ3n) is 1.91. The monoisotopic (exact) mass is 149 g/mol. The summed E-state index contributed by atoms with van der Waals surface area (Å²) in [6, 6.07) is 10.0. The molecule has 2 rings (SSSR count). The van der Waals surface area contributed by atoms with Crippen LogP contribution in [0.15, 0.2) is 30.3 Å². The summed E-state index contributed by atoms with van der Waals surface area (Å²) < 4.78 is 0. The van der Waals surface area contributed by atoms with Gasteiger partial charge < -0.3 is 0 Å². The molecule has 0 spiro atoms. The molecule has 1 saturated carbocycles. The van der Waals surface area contributed by atoms with Crippen molar-refractivity contribution in [1.82, 2.24) is 0 Å². The van der Waals surface area contributed by atoms with Crippen LogP contribution in [0.5, 0.6) is 0 Å². The van der Waals surface area contributed by atoms with Gasteiger partial charge in [0.05, 0.1) is 11.7 Å². The lowest BCUT2D eigenvalue weighted by molar-refractivity contribution is 0.249. The van der Waals surface area contributed by atoms with Crippen LogP contribution < -0.4 is 5.06 Å². The minimum Gasteiger partial charge on any atom is -0.288 e. The van der Waals surface area contributed by atoms with Gasteiger partial charge in [-0.15, -0.1) is 0 Å². The van der Waals surface area contributed by atoms with E-state index in [1.807, 2.05) is 30.3 Å².